The molecule has 0 aliphatic carbocycles. The number of benzene rings is 1. The van der Waals surface area contributed by atoms with Gasteiger partial charge in [-0.05, 0) is 26.3 Å². The fourth-order valence-corrected chi connectivity index (χ4v) is 3.52. The molecule has 0 radical (unpaired) electrons. The van der Waals surface area contributed by atoms with Gasteiger partial charge in [-0.25, -0.2) is 4.79 Å². The maximum absolute atomic E-state index is 12.4. The van der Waals surface area contributed by atoms with Gasteiger partial charge in [-0.15, -0.1) is 0 Å². The summed E-state index contributed by atoms with van der Waals surface area (Å²) >= 11 is 0. The first-order valence-corrected chi connectivity index (χ1v) is 8.68. The fourth-order valence-electron chi connectivity index (χ4n) is 2.22. The normalized spacial score (nSPS) is 13.9. The van der Waals surface area contributed by atoms with Crippen LogP contribution in [0.25, 0.3) is 0 Å². The number of esters is 1. The number of hydrogen-bond acceptors (Lipinski definition) is 7. The van der Waals surface area contributed by atoms with Crippen LogP contribution in [0.1, 0.15) is 35.3 Å². The Kier molecular flexibility index (Phi) is 5.11. The first-order chi connectivity index (χ1) is 10.4. The third kappa shape index (κ3) is 3.27. The number of phenolic OH excluding ortho intramolecular Hbond substituents is 1. The van der Waals surface area contributed by atoms with E-state index in [0.717, 1.165) is 0 Å². The van der Waals surface area contributed by atoms with Gasteiger partial charge in [0.2, 0.25) is 0 Å². The van der Waals surface area contributed by atoms with Crippen molar-refractivity contribution in [2.24, 2.45) is 0 Å². The van der Waals surface area contributed by atoms with Crippen LogP contribution >= 0.6 is 7.60 Å². The summed E-state index contributed by atoms with van der Waals surface area (Å²) in [7, 11) is -3.35. The van der Waals surface area contributed by atoms with Gasteiger partial charge < -0.3 is 23.6 Å². The van der Waals surface area contributed by atoms with Crippen LogP contribution in [0.3, 0.4) is 0 Å². The van der Waals surface area contributed by atoms with Crippen molar-refractivity contribution in [2.75, 3.05) is 19.6 Å². The van der Waals surface area contributed by atoms with Crippen LogP contribution in [-0.2, 0) is 25.0 Å². The van der Waals surface area contributed by atoms with Crippen molar-refractivity contribution in [3.8, 4) is 11.5 Å². The average Bonchev–Trinajstić information content (AvgIpc) is 2.85. The number of ether oxygens (including phenoxy) is 2. The summed E-state index contributed by atoms with van der Waals surface area (Å²) in [6.45, 7) is 5.71. The van der Waals surface area contributed by atoms with Crippen LogP contribution in [0.15, 0.2) is 6.07 Å². The van der Waals surface area contributed by atoms with Crippen molar-refractivity contribution in [2.45, 2.75) is 27.4 Å². The van der Waals surface area contributed by atoms with E-state index in [1.165, 1.54) is 6.07 Å². The SMILES string of the molecule is CCOP(=O)(COc1cc(O)c2c(c1C)COC2=O)OCC. The van der Waals surface area contributed by atoms with Crippen molar-refractivity contribution in [3.05, 3.63) is 22.8 Å². The summed E-state index contributed by atoms with van der Waals surface area (Å²) in [6.07, 6.45) is -0.275. The highest BCUT2D eigenvalue weighted by atomic mass is 31.2. The molecule has 8 heteroatoms. The molecule has 0 fully saturated rings. The Bertz CT molecular complexity index is 616. The number of fused-ring (bicyclic) bond motifs is 1. The molecule has 1 aliphatic rings. The van der Waals surface area contributed by atoms with Gasteiger partial charge in [0, 0.05) is 11.6 Å². The van der Waals surface area contributed by atoms with Gasteiger partial charge >= 0.3 is 13.6 Å². The fraction of sp³-hybridized carbons (Fsp3) is 0.500. The van der Waals surface area contributed by atoms with Gasteiger partial charge in [-0.1, -0.05) is 0 Å². The lowest BCUT2D eigenvalue weighted by Gasteiger charge is -2.19. The first-order valence-electron chi connectivity index (χ1n) is 6.95. The van der Waals surface area contributed by atoms with Gasteiger partial charge in [-0.3, -0.25) is 4.57 Å². The van der Waals surface area contributed by atoms with Gasteiger partial charge in [0.25, 0.3) is 0 Å². The zero-order chi connectivity index (χ0) is 16.3. The number of rotatable bonds is 7. The Morgan fingerprint density at radius 1 is 1.32 bits per heavy atom. The molecule has 0 saturated heterocycles. The van der Waals surface area contributed by atoms with E-state index in [4.69, 9.17) is 18.5 Å². The molecule has 7 nitrogen and oxygen atoms in total. The zero-order valence-corrected chi connectivity index (χ0v) is 13.6. The molecule has 0 spiro atoms. The van der Waals surface area contributed by atoms with E-state index in [1.54, 1.807) is 20.8 Å². The molecule has 122 valence electrons. The van der Waals surface area contributed by atoms with Crippen molar-refractivity contribution in [1.29, 1.82) is 0 Å². The van der Waals surface area contributed by atoms with Crippen LogP contribution in [0.5, 0.6) is 11.5 Å². The summed E-state index contributed by atoms with van der Waals surface area (Å²) < 4.78 is 33.0. The lowest BCUT2D eigenvalue weighted by atomic mass is 10.0. The monoisotopic (exact) mass is 330 g/mol. The molecule has 0 aromatic heterocycles. The molecule has 0 amide bonds. The second-order valence-electron chi connectivity index (χ2n) is 4.67. The molecule has 1 heterocycles. The molecule has 0 atom stereocenters. The number of carbonyl (C=O) groups excluding carboxylic acids is 1. The second kappa shape index (κ2) is 6.69. The topological polar surface area (TPSA) is 91.3 Å². The molecule has 1 aromatic carbocycles. The van der Waals surface area contributed by atoms with E-state index < -0.39 is 13.6 Å². The van der Waals surface area contributed by atoms with Crippen LogP contribution in [-0.4, -0.2) is 30.6 Å². The van der Waals surface area contributed by atoms with E-state index in [1.807, 2.05) is 0 Å². The van der Waals surface area contributed by atoms with E-state index in [0.29, 0.717) is 16.9 Å². The van der Waals surface area contributed by atoms with Crippen LogP contribution in [0, 0.1) is 6.92 Å². The molecule has 1 aromatic rings. The minimum Gasteiger partial charge on any atom is -0.507 e. The Labute approximate surface area is 128 Å². The molecule has 2 rings (SSSR count). The predicted octanol–water partition coefficient (Wildman–Crippen LogP) is 2.97. The van der Waals surface area contributed by atoms with E-state index in [-0.39, 0.29) is 37.5 Å². The quantitative estimate of drug-likeness (QED) is 0.607. The van der Waals surface area contributed by atoms with Crippen molar-refractivity contribution in [3.63, 3.8) is 0 Å². The van der Waals surface area contributed by atoms with Gasteiger partial charge in [0.15, 0.2) is 6.35 Å². The molecule has 0 bridgehead atoms. The van der Waals surface area contributed by atoms with Crippen LogP contribution < -0.4 is 4.74 Å². The Hall–Kier alpha value is -1.56. The van der Waals surface area contributed by atoms with Crippen molar-refractivity contribution < 1.29 is 33.0 Å². The average molecular weight is 330 g/mol. The summed E-state index contributed by atoms with van der Waals surface area (Å²) in [5.41, 5.74) is 1.38. The molecular weight excluding hydrogens is 311 g/mol. The number of hydrogen-bond donors (Lipinski definition) is 1. The standard InChI is InChI=1S/C14H19O7P/c1-4-20-22(17,21-5-2)8-19-12-6-11(15)13-10(9(12)3)7-18-14(13)16/h6,15H,4-5,7-8H2,1-3H3. The van der Waals surface area contributed by atoms with Gasteiger partial charge in [-0.2, -0.15) is 0 Å². The van der Waals surface area contributed by atoms with Crippen molar-refractivity contribution in [1.82, 2.24) is 0 Å². The summed E-state index contributed by atoms with van der Waals surface area (Å²) in [4.78, 5) is 11.5. The maximum Gasteiger partial charge on any atom is 0.367 e. The molecule has 0 saturated carbocycles. The smallest absolute Gasteiger partial charge is 0.367 e. The summed E-state index contributed by atoms with van der Waals surface area (Å²) in [6, 6.07) is 1.31. The lowest BCUT2D eigenvalue weighted by molar-refractivity contribution is 0.0533. The number of cyclic esters (lactones) is 1. The Morgan fingerprint density at radius 2 is 1.95 bits per heavy atom. The molecule has 0 unspecified atom stereocenters. The molecular formula is C14H19O7P. The summed E-state index contributed by atoms with van der Waals surface area (Å²) in [5, 5.41) is 9.93. The first kappa shape index (κ1) is 16.8. The third-order valence-electron chi connectivity index (χ3n) is 3.23. The molecule has 22 heavy (non-hydrogen) atoms. The van der Waals surface area contributed by atoms with Crippen LogP contribution in [0.2, 0.25) is 0 Å². The highest BCUT2D eigenvalue weighted by Crippen LogP contribution is 2.48. The van der Waals surface area contributed by atoms with E-state index >= 15 is 0 Å². The number of aromatic hydroxyl groups is 1. The van der Waals surface area contributed by atoms with Gasteiger partial charge in [0.05, 0.1) is 13.2 Å². The number of carbonyl (C=O) groups is 1. The largest absolute Gasteiger partial charge is 0.507 e. The number of phenols is 1. The second-order valence-corrected chi connectivity index (χ2v) is 6.66. The molecule has 1 N–H and O–H groups in total. The van der Waals surface area contributed by atoms with Gasteiger partial charge in [0.1, 0.15) is 23.7 Å². The Balaban J connectivity index is 2.22. The highest BCUT2D eigenvalue weighted by Gasteiger charge is 2.30. The maximum atomic E-state index is 12.4. The Morgan fingerprint density at radius 3 is 2.55 bits per heavy atom. The minimum absolute atomic E-state index is 0.0827. The van der Waals surface area contributed by atoms with E-state index in [9.17, 15) is 14.5 Å². The zero-order valence-electron chi connectivity index (χ0n) is 12.7. The lowest BCUT2D eigenvalue weighted by Crippen LogP contribution is -2.07. The van der Waals surface area contributed by atoms with Crippen LogP contribution in [0.4, 0.5) is 0 Å². The van der Waals surface area contributed by atoms with Crippen molar-refractivity contribution >= 4 is 13.6 Å². The predicted molar refractivity (Wildman–Crippen MR) is 78.3 cm³/mol. The molecule has 1 aliphatic heterocycles. The minimum atomic E-state index is -3.35. The van der Waals surface area contributed by atoms with E-state index in [2.05, 4.69) is 0 Å². The summed E-state index contributed by atoms with van der Waals surface area (Å²) in [5.74, 6) is -0.466. The third-order valence-corrected chi connectivity index (χ3v) is 4.98. The highest BCUT2D eigenvalue weighted by molar-refractivity contribution is 7.53.